The number of pyridine rings is 1. The van der Waals surface area contributed by atoms with Crippen LogP contribution in [0.25, 0.3) is 0 Å². The summed E-state index contributed by atoms with van der Waals surface area (Å²) in [5, 5.41) is 0. The van der Waals surface area contributed by atoms with E-state index in [1.54, 1.807) is 0 Å². The van der Waals surface area contributed by atoms with Gasteiger partial charge in [-0.05, 0) is 0 Å². The molecule has 0 amide bonds. The van der Waals surface area contributed by atoms with Gasteiger partial charge in [-0.1, -0.05) is 0 Å². The first kappa shape index (κ1) is 8.06. The van der Waals surface area contributed by atoms with Gasteiger partial charge in [0.05, 0.1) is 0 Å². The van der Waals surface area contributed by atoms with Gasteiger partial charge in [0.25, 0.3) is 0 Å². The van der Waals surface area contributed by atoms with Gasteiger partial charge >= 0.3 is 52.0 Å². The Bertz CT molecular complexity index is 142. The summed E-state index contributed by atoms with van der Waals surface area (Å²) in [5.74, 6) is 0. The van der Waals surface area contributed by atoms with Crippen LogP contribution in [0.3, 0.4) is 0 Å². The summed E-state index contributed by atoms with van der Waals surface area (Å²) in [7, 11) is 0. The molecule has 0 bridgehead atoms. The van der Waals surface area contributed by atoms with Crippen LogP contribution in [0.5, 0.6) is 0 Å². The SMILES string of the molecule is [Cl-].[Zn+][c]1ccncc1. The zero-order valence-corrected chi connectivity index (χ0v) is 8.06. The molecule has 1 nitrogen and oxygen atoms in total. The van der Waals surface area contributed by atoms with Crippen molar-refractivity contribution in [1.82, 2.24) is 4.98 Å². The molecular formula is C5H4ClNZn. The number of nitrogens with zero attached hydrogens (tertiary/aromatic N) is 1. The molecule has 0 unspecified atom stereocenters. The van der Waals surface area contributed by atoms with Crippen molar-refractivity contribution in [2.24, 2.45) is 0 Å². The zero-order valence-electron chi connectivity index (χ0n) is 4.34. The van der Waals surface area contributed by atoms with Gasteiger partial charge in [-0.15, -0.1) is 0 Å². The molecule has 3 heteroatoms. The fourth-order valence-electron chi connectivity index (χ4n) is 0.383. The average Bonchev–Trinajstić information content (AvgIpc) is 1.69. The first-order valence-corrected chi connectivity index (χ1v) is 3.60. The van der Waals surface area contributed by atoms with E-state index in [1.807, 2.05) is 24.5 Å². The molecule has 0 spiro atoms. The molecule has 1 aromatic rings. The molecule has 1 aromatic heterocycles. The van der Waals surface area contributed by atoms with Gasteiger partial charge in [-0.25, -0.2) is 0 Å². The molecule has 1 rings (SSSR count). The molecule has 0 aliphatic rings. The number of hydrogen-bond acceptors (Lipinski definition) is 1. The second-order valence-electron chi connectivity index (χ2n) is 1.36. The summed E-state index contributed by atoms with van der Waals surface area (Å²) in [6.45, 7) is 0. The number of halogens is 1. The van der Waals surface area contributed by atoms with Crippen molar-refractivity contribution in [1.29, 1.82) is 0 Å². The topological polar surface area (TPSA) is 12.9 Å². The summed E-state index contributed by atoms with van der Waals surface area (Å²) >= 11 is 1.22. The summed E-state index contributed by atoms with van der Waals surface area (Å²) < 4.78 is 1.38. The molecule has 0 N–H and O–H groups in total. The van der Waals surface area contributed by atoms with Crippen LogP contribution in [-0.2, 0) is 18.3 Å². The van der Waals surface area contributed by atoms with E-state index in [-0.39, 0.29) is 12.4 Å². The van der Waals surface area contributed by atoms with Gasteiger partial charge in [0, 0.05) is 0 Å². The molecule has 0 saturated carbocycles. The standard InChI is InChI=1S/C5H4N.ClH.Zn/c1-2-4-6-5-3-1;;/h2-5H;1H;/q;;+1/p-1. The second kappa shape index (κ2) is 3.99. The Hall–Kier alpha value is 0.0634. The third-order valence-electron chi connectivity index (χ3n) is 0.749. The van der Waals surface area contributed by atoms with Gasteiger partial charge in [0.1, 0.15) is 0 Å². The van der Waals surface area contributed by atoms with Crippen LogP contribution < -0.4 is 16.6 Å². The maximum atomic E-state index is 3.87. The number of hydrogen-bond donors (Lipinski definition) is 0. The van der Waals surface area contributed by atoms with Crippen molar-refractivity contribution in [3.05, 3.63) is 24.5 Å². The molecule has 0 fully saturated rings. The first-order valence-electron chi connectivity index (χ1n) is 2.11. The van der Waals surface area contributed by atoms with Gasteiger partial charge in [-0.2, -0.15) is 0 Å². The molecule has 8 heavy (non-hydrogen) atoms. The Kier molecular flexibility index (Phi) is 4.03. The monoisotopic (exact) mass is 177 g/mol. The Balaban J connectivity index is 0.000000490. The van der Waals surface area contributed by atoms with Gasteiger partial charge < -0.3 is 12.4 Å². The predicted octanol–water partition coefficient (Wildman–Crippen LogP) is -2.74. The van der Waals surface area contributed by atoms with E-state index < -0.39 is 0 Å². The van der Waals surface area contributed by atoms with Crippen LogP contribution in [0.1, 0.15) is 0 Å². The van der Waals surface area contributed by atoms with Crippen LogP contribution in [-0.4, -0.2) is 4.98 Å². The van der Waals surface area contributed by atoms with Gasteiger partial charge in [-0.3, -0.25) is 0 Å². The zero-order chi connectivity index (χ0) is 5.11. The molecule has 0 radical (unpaired) electrons. The third kappa shape index (κ3) is 2.39. The Labute approximate surface area is 64.6 Å². The summed E-state index contributed by atoms with van der Waals surface area (Å²) in [6.07, 6.45) is 3.64. The van der Waals surface area contributed by atoms with Crippen LogP contribution in [0, 0.1) is 0 Å². The average molecular weight is 179 g/mol. The van der Waals surface area contributed by atoms with E-state index in [0.717, 1.165) is 0 Å². The molecule has 0 atom stereocenters. The molecule has 0 saturated heterocycles. The molecule has 0 aliphatic heterocycles. The fourth-order valence-corrected chi connectivity index (χ4v) is 0.825. The number of aromatic nitrogens is 1. The number of rotatable bonds is 0. The van der Waals surface area contributed by atoms with Crippen LogP contribution in [0.4, 0.5) is 0 Å². The normalized spacial score (nSPS) is 7.75. The Morgan fingerprint density at radius 3 is 2.00 bits per heavy atom. The predicted molar refractivity (Wildman–Crippen MR) is 23.9 cm³/mol. The van der Waals surface area contributed by atoms with E-state index in [1.165, 1.54) is 22.5 Å². The van der Waals surface area contributed by atoms with Crippen molar-refractivity contribution in [2.75, 3.05) is 0 Å². The summed E-state index contributed by atoms with van der Waals surface area (Å²) in [4.78, 5) is 3.87. The maximum absolute atomic E-state index is 3.87. The van der Waals surface area contributed by atoms with Crippen LogP contribution in [0.15, 0.2) is 24.5 Å². The third-order valence-corrected chi connectivity index (χ3v) is 1.74. The van der Waals surface area contributed by atoms with Crippen molar-refractivity contribution in [3.63, 3.8) is 0 Å². The van der Waals surface area contributed by atoms with Crippen LogP contribution in [0.2, 0.25) is 0 Å². The van der Waals surface area contributed by atoms with E-state index in [2.05, 4.69) is 4.98 Å². The van der Waals surface area contributed by atoms with E-state index in [9.17, 15) is 0 Å². The summed E-state index contributed by atoms with van der Waals surface area (Å²) in [5.41, 5.74) is 0. The molecule has 38 valence electrons. The first-order chi connectivity index (χ1) is 3.39. The Morgan fingerprint density at radius 1 is 1.25 bits per heavy atom. The van der Waals surface area contributed by atoms with E-state index >= 15 is 0 Å². The Morgan fingerprint density at radius 2 is 1.75 bits per heavy atom. The van der Waals surface area contributed by atoms with E-state index in [0.29, 0.717) is 0 Å². The van der Waals surface area contributed by atoms with Crippen molar-refractivity contribution in [2.45, 2.75) is 0 Å². The minimum atomic E-state index is 0. The van der Waals surface area contributed by atoms with Crippen molar-refractivity contribution < 1.29 is 30.7 Å². The van der Waals surface area contributed by atoms with E-state index in [4.69, 9.17) is 0 Å². The van der Waals surface area contributed by atoms with Crippen molar-refractivity contribution >= 4 is 4.16 Å². The molecular weight excluding hydrogens is 175 g/mol. The van der Waals surface area contributed by atoms with Crippen LogP contribution >= 0.6 is 0 Å². The molecule has 0 aromatic carbocycles. The van der Waals surface area contributed by atoms with Gasteiger partial charge in [0.15, 0.2) is 0 Å². The second-order valence-corrected chi connectivity index (χ2v) is 3.07. The molecule has 0 aliphatic carbocycles. The quantitative estimate of drug-likeness (QED) is 0.393. The minimum absolute atomic E-state index is 0. The molecule has 1 heterocycles. The van der Waals surface area contributed by atoms with Crippen molar-refractivity contribution in [3.8, 4) is 0 Å². The summed E-state index contributed by atoms with van der Waals surface area (Å²) in [6, 6.07) is 4.06. The fraction of sp³-hybridized carbons (Fsp3) is 0. The van der Waals surface area contributed by atoms with Gasteiger partial charge in [0.2, 0.25) is 0 Å².